The molecule has 3 fully saturated rings. The number of carbonyl (C=O) groups excluding carboxylic acids is 4. The third kappa shape index (κ3) is 8.12. The first-order chi connectivity index (χ1) is 18.5. The summed E-state index contributed by atoms with van der Waals surface area (Å²) in [5.41, 5.74) is 5.59. The number of aliphatic hydroxyl groups excluding tert-OH is 2. The van der Waals surface area contributed by atoms with Crippen LogP contribution in [0, 0.1) is 29.6 Å². The number of nitrogens with one attached hydrogen (secondary N) is 4. The second-order valence-electron chi connectivity index (χ2n) is 11.2. The molecule has 2 saturated carbocycles. The highest BCUT2D eigenvalue weighted by Gasteiger charge is 2.45. The molecule has 13 nitrogen and oxygen atoms in total. The van der Waals surface area contributed by atoms with Gasteiger partial charge >= 0.3 is 5.97 Å². The van der Waals surface area contributed by atoms with E-state index in [0.717, 1.165) is 0 Å². The van der Waals surface area contributed by atoms with Crippen LogP contribution in [0.5, 0.6) is 0 Å². The molecule has 39 heavy (non-hydrogen) atoms. The van der Waals surface area contributed by atoms with Crippen molar-refractivity contribution in [1.29, 1.82) is 0 Å². The Morgan fingerprint density at radius 2 is 1.69 bits per heavy atom. The van der Waals surface area contributed by atoms with Gasteiger partial charge in [-0.15, -0.1) is 0 Å². The van der Waals surface area contributed by atoms with Gasteiger partial charge in [-0.2, -0.15) is 0 Å². The number of carboxylic acid groups (broad SMARTS) is 1. The fourth-order valence-corrected chi connectivity index (χ4v) is 6.41. The van der Waals surface area contributed by atoms with Gasteiger partial charge in [-0.25, -0.2) is 4.79 Å². The van der Waals surface area contributed by atoms with Crippen molar-refractivity contribution in [2.75, 3.05) is 19.6 Å². The predicted molar refractivity (Wildman–Crippen MR) is 139 cm³/mol. The van der Waals surface area contributed by atoms with Crippen LogP contribution in [0.4, 0.5) is 0 Å². The summed E-state index contributed by atoms with van der Waals surface area (Å²) in [5.74, 6) is -4.96. The minimum Gasteiger partial charge on any atom is -0.480 e. The van der Waals surface area contributed by atoms with Gasteiger partial charge in [-0.3, -0.25) is 19.2 Å². The van der Waals surface area contributed by atoms with Crippen LogP contribution in [0.1, 0.15) is 58.3 Å². The predicted octanol–water partition coefficient (Wildman–Crippen LogP) is -1.78. The van der Waals surface area contributed by atoms with E-state index < -0.39 is 60.4 Å². The largest absolute Gasteiger partial charge is 0.480 e. The lowest BCUT2D eigenvalue weighted by Crippen LogP contribution is -2.57. The Bertz CT molecular complexity index is 913. The number of nitrogens with two attached hydrogens (primary N) is 1. The Hall–Kier alpha value is -2.77. The fraction of sp³-hybridized carbons (Fsp3) is 0.808. The Kier molecular flexibility index (Phi) is 11.1. The van der Waals surface area contributed by atoms with Crippen molar-refractivity contribution in [2.24, 2.45) is 35.3 Å². The molecule has 9 N–H and O–H groups in total. The van der Waals surface area contributed by atoms with Gasteiger partial charge < -0.3 is 42.3 Å². The molecule has 220 valence electrons. The zero-order valence-corrected chi connectivity index (χ0v) is 22.4. The summed E-state index contributed by atoms with van der Waals surface area (Å²) in [6.45, 7) is 1.12. The van der Waals surface area contributed by atoms with E-state index in [2.05, 4.69) is 21.3 Å². The Morgan fingerprint density at radius 1 is 1.03 bits per heavy atom. The molecule has 6 unspecified atom stereocenters. The van der Waals surface area contributed by atoms with Gasteiger partial charge in [0, 0.05) is 12.5 Å². The third-order valence-electron chi connectivity index (χ3n) is 8.69. The molecule has 0 spiro atoms. The van der Waals surface area contributed by atoms with Crippen LogP contribution in [0.25, 0.3) is 0 Å². The molecule has 1 heterocycles. The minimum atomic E-state index is -1.19. The normalized spacial score (nSPS) is 34.5. The summed E-state index contributed by atoms with van der Waals surface area (Å²) in [5, 5.41) is 41.6. The molecule has 3 aliphatic rings. The molecule has 0 aromatic heterocycles. The van der Waals surface area contributed by atoms with Crippen LogP contribution < -0.4 is 27.0 Å². The van der Waals surface area contributed by atoms with Crippen molar-refractivity contribution in [3.8, 4) is 0 Å². The summed E-state index contributed by atoms with van der Waals surface area (Å²) in [7, 11) is 0. The lowest BCUT2D eigenvalue weighted by molar-refractivity contribution is -0.143. The number of fused-ring (bicyclic) bond motifs is 5. The van der Waals surface area contributed by atoms with Crippen molar-refractivity contribution < 1.29 is 39.3 Å². The molecule has 0 radical (unpaired) electrons. The highest BCUT2D eigenvalue weighted by molar-refractivity contribution is 5.93. The monoisotopic (exact) mass is 553 g/mol. The maximum Gasteiger partial charge on any atom is 0.326 e. The van der Waals surface area contributed by atoms with Crippen LogP contribution >= 0.6 is 0 Å². The van der Waals surface area contributed by atoms with E-state index in [4.69, 9.17) is 5.73 Å². The maximum absolute atomic E-state index is 13.2. The fourth-order valence-electron chi connectivity index (χ4n) is 6.41. The summed E-state index contributed by atoms with van der Waals surface area (Å²) in [6, 6.07) is -2.20. The molecule has 4 amide bonds. The molecule has 9 atom stereocenters. The summed E-state index contributed by atoms with van der Waals surface area (Å²) >= 11 is 0. The van der Waals surface area contributed by atoms with Gasteiger partial charge in [-0.1, -0.05) is 6.92 Å². The highest BCUT2D eigenvalue weighted by atomic mass is 16.4. The SMILES string of the molecule is CCC(CN)C(=O)NCC(=O)NC1C(=O)NCC(=O)N[C@H](C(=O)O)CC2CCC(O)[C@@H](C2)[C@H]2CC1CCC2O. The molecule has 0 aromatic rings. The first-order valence-electron chi connectivity index (χ1n) is 14.0. The Morgan fingerprint density at radius 3 is 2.33 bits per heavy atom. The number of rotatable bonds is 7. The second-order valence-corrected chi connectivity index (χ2v) is 11.2. The number of amides is 4. The molecular weight excluding hydrogens is 510 g/mol. The smallest absolute Gasteiger partial charge is 0.326 e. The Labute approximate surface area is 228 Å². The van der Waals surface area contributed by atoms with Crippen LogP contribution in [-0.2, 0) is 24.0 Å². The van der Waals surface area contributed by atoms with E-state index in [-0.39, 0.29) is 49.1 Å². The van der Waals surface area contributed by atoms with E-state index in [0.29, 0.717) is 44.9 Å². The zero-order chi connectivity index (χ0) is 28.7. The third-order valence-corrected chi connectivity index (χ3v) is 8.69. The van der Waals surface area contributed by atoms with Crippen LogP contribution in [-0.4, -0.2) is 88.8 Å². The summed E-state index contributed by atoms with van der Waals surface area (Å²) in [4.78, 5) is 62.6. The standard InChI is InChI=1S/C26H43N5O8/c1-2-14(10-27)24(36)28-12-22(35)31-23-15-4-6-20(33)17(9-15)16-7-13(3-5-19(16)32)8-18(26(38)39)30-21(34)11-29-25(23)37/h13-20,23,32-33H,2-12,27H2,1H3,(H,28,36)(H,29,37)(H,30,34)(H,31,35)(H,38,39)/t13?,14?,15?,16-,17+,18-,19?,20?,23?/m0/s1. The van der Waals surface area contributed by atoms with Gasteiger partial charge in [0.1, 0.15) is 12.1 Å². The lowest BCUT2D eigenvalue weighted by atomic mass is 9.64. The van der Waals surface area contributed by atoms with Crippen molar-refractivity contribution in [1.82, 2.24) is 21.3 Å². The van der Waals surface area contributed by atoms with Crippen molar-refractivity contribution >= 4 is 29.6 Å². The molecule has 4 bridgehead atoms. The number of hydrogen-bond donors (Lipinski definition) is 8. The number of hydrogen-bond acceptors (Lipinski definition) is 8. The number of carbonyl (C=O) groups is 5. The van der Waals surface area contributed by atoms with Crippen LogP contribution in [0.2, 0.25) is 0 Å². The van der Waals surface area contributed by atoms with E-state index in [1.807, 2.05) is 6.92 Å². The quantitative estimate of drug-likeness (QED) is 0.178. The topological polar surface area (TPSA) is 220 Å². The number of carboxylic acids is 1. The molecule has 3 rings (SSSR count). The molecule has 2 aliphatic carbocycles. The maximum atomic E-state index is 13.2. The zero-order valence-electron chi connectivity index (χ0n) is 22.4. The van der Waals surface area contributed by atoms with Crippen molar-refractivity contribution in [3.63, 3.8) is 0 Å². The average molecular weight is 554 g/mol. The van der Waals surface area contributed by atoms with Crippen molar-refractivity contribution in [2.45, 2.75) is 82.6 Å². The van der Waals surface area contributed by atoms with Crippen LogP contribution in [0.15, 0.2) is 0 Å². The van der Waals surface area contributed by atoms with E-state index in [9.17, 15) is 39.3 Å². The van der Waals surface area contributed by atoms with Crippen LogP contribution in [0.3, 0.4) is 0 Å². The molecule has 1 aliphatic heterocycles. The molecule has 13 heteroatoms. The first kappa shape index (κ1) is 30.8. The van der Waals surface area contributed by atoms with E-state index in [1.165, 1.54) is 0 Å². The highest BCUT2D eigenvalue weighted by Crippen LogP contribution is 2.44. The van der Waals surface area contributed by atoms with Gasteiger partial charge in [0.2, 0.25) is 23.6 Å². The minimum absolute atomic E-state index is 0.0653. The second kappa shape index (κ2) is 14.0. The number of aliphatic carboxylic acids is 1. The number of aliphatic hydroxyl groups is 2. The molecule has 0 aromatic carbocycles. The first-order valence-corrected chi connectivity index (χ1v) is 14.0. The Balaban J connectivity index is 1.82. The lowest BCUT2D eigenvalue weighted by Gasteiger charge is -2.45. The van der Waals surface area contributed by atoms with Gasteiger partial charge in [0.05, 0.1) is 25.3 Å². The average Bonchev–Trinajstić information content (AvgIpc) is 2.90. The van der Waals surface area contributed by atoms with Gasteiger partial charge in [0.15, 0.2) is 0 Å². The summed E-state index contributed by atoms with van der Waals surface area (Å²) < 4.78 is 0. The summed E-state index contributed by atoms with van der Waals surface area (Å²) in [6.07, 6.45) is 2.03. The van der Waals surface area contributed by atoms with Crippen molar-refractivity contribution in [3.05, 3.63) is 0 Å². The van der Waals surface area contributed by atoms with E-state index in [1.54, 1.807) is 0 Å². The van der Waals surface area contributed by atoms with E-state index >= 15 is 0 Å². The van der Waals surface area contributed by atoms with Gasteiger partial charge in [0.25, 0.3) is 0 Å². The molecule has 1 saturated heterocycles. The van der Waals surface area contributed by atoms with Gasteiger partial charge in [-0.05, 0) is 75.0 Å². The molecular formula is C26H43N5O8.